The van der Waals surface area contributed by atoms with Gasteiger partial charge in [0, 0.05) is 31.5 Å². The summed E-state index contributed by atoms with van der Waals surface area (Å²) in [7, 11) is -0.724. The number of aryl methyl sites for hydroxylation is 1. The Hall–Kier alpha value is -3.82. The van der Waals surface area contributed by atoms with E-state index < -0.39 is 15.8 Å². The zero-order chi connectivity index (χ0) is 24.7. The first-order valence-electron chi connectivity index (χ1n) is 11.0. The number of anilines is 1. The Morgan fingerprint density at radius 1 is 0.943 bits per heavy atom. The van der Waals surface area contributed by atoms with E-state index >= 15 is 0 Å². The van der Waals surface area contributed by atoms with Crippen molar-refractivity contribution in [3.63, 3.8) is 0 Å². The smallest absolute Gasteiger partial charge is 0.340 e. The summed E-state index contributed by atoms with van der Waals surface area (Å²) in [5.41, 5.74) is 4.47. The average Bonchev–Trinajstić information content (AvgIpc) is 3.29. The van der Waals surface area contributed by atoms with Crippen LogP contribution in [0.1, 0.15) is 16.7 Å². The molecule has 9 heteroatoms. The highest BCUT2D eigenvalue weighted by atomic mass is 32.2. The van der Waals surface area contributed by atoms with Gasteiger partial charge in [-0.1, -0.05) is 30.3 Å². The molecule has 0 fully saturated rings. The van der Waals surface area contributed by atoms with Crippen molar-refractivity contribution in [2.75, 3.05) is 25.6 Å². The van der Waals surface area contributed by atoms with Gasteiger partial charge in [-0.05, 0) is 59.5 Å². The predicted molar refractivity (Wildman–Crippen MR) is 134 cm³/mol. The van der Waals surface area contributed by atoms with Crippen LogP contribution < -0.4 is 19.8 Å². The van der Waals surface area contributed by atoms with Gasteiger partial charge in [0.25, 0.3) is 0 Å². The number of hydrogen-bond donors (Lipinski definition) is 1. The molecular weight excluding hydrogens is 468 g/mol. The summed E-state index contributed by atoms with van der Waals surface area (Å²) in [4.78, 5) is 12.9. The van der Waals surface area contributed by atoms with Gasteiger partial charge < -0.3 is 13.9 Å². The fourth-order valence-electron chi connectivity index (χ4n) is 4.04. The normalized spacial score (nSPS) is 12.9. The number of nitrogens with one attached hydrogen (secondary N) is 1. The minimum absolute atomic E-state index is 0.206. The zero-order valence-corrected chi connectivity index (χ0v) is 20.3. The molecule has 1 aliphatic rings. The summed E-state index contributed by atoms with van der Waals surface area (Å²) >= 11 is 0. The van der Waals surface area contributed by atoms with Crippen molar-refractivity contribution < 1.29 is 22.3 Å². The van der Waals surface area contributed by atoms with Crippen molar-refractivity contribution in [1.82, 2.24) is 4.31 Å². The highest BCUT2D eigenvalue weighted by molar-refractivity contribution is 7.90. The second-order valence-corrected chi connectivity index (χ2v) is 10.4. The van der Waals surface area contributed by atoms with E-state index in [2.05, 4.69) is 4.72 Å². The van der Waals surface area contributed by atoms with Crippen molar-refractivity contribution in [2.24, 2.45) is 0 Å². The summed E-state index contributed by atoms with van der Waals surface area (Å²) in [6.45, 7) is 2.10. The SMILES string of the molecule is Cc1c(Cc2cccc(NS(=O)(=O)N(C)C)c2)c(=O)oc2cc(-c3ccc4c(c3)OCO4)ccc12. The first kappa shape index (κ1) is 22.9. The molecule has 0 bridgehead atoms. The number of ether oxygens (including phenoxy) is 2. The quantitative estimate of drug-likeness (QED) is 0.403. The molecule has 35 heavy (non-hydrogen) atoms. The molecule has 0 atom stereocenters. The molecule has 0 unspecified atom stereocenters. The van der Waals surface area contributed by atoms with E-state index in [1.54, 1.807) is 18.2 Å². The van der Waals surface area contributed by atoms with Gasteiger partial charge >= 0.3 is 15.8 Å². The average molecular weight is 493 g/mol. The van der Waals surface area contributed by atoms with Gasteiger partial charge in [0.05, 0.1) is 5.69 Å². The molecule has 8 nitrogen and oxygen atoms in total. The van der Waals surface area contributed by atoms with E-state index in [0.29, 0.717) is 34.8 Å². The van der Waals surface area contributed by atoms with E-state index in [4.69, 9.17) is 13.9 Å². The Kier molecular flexibility index (Phi) is 5.74. The molecule has 0 radical (unpaired) electrons. The second-order valence-electron chi connectivity index (χ2n) is 8.54. The summed E-state index contributed by atoms with van der Waals surface area (Å²) in [6.07, 6.45) is 0.311. The Balaban J connectivity index is 1.47. The van der Waals surface area contributed by atoms with Crippen molar-refractivity contribution in [1.29, 1.82) is 0 Å². The molecule has 0 spiro atoms. The molecular formula is C26H24N2O6S. The van der Waals surface area contributed by atoms with Crippen LogP contribution in [-0.2, 0) is 16.6 Å². The van der Waals surface area contributed by atoms with E-state index in [9.17, 15) is 13.2 Å². The van der Waals surface area contributed by atoms with Crippen molar-refractivity contribution in [2.45, 2.75) is 13.3 Å². The molecule has 0 aliphatic carbocycles. The molecule has 1 N–H and O–H groups in total. The van der Waals surface area contributed by atoms with Gasteiger partial charge in [0.15, 0.2) is 11.5 Å². The van der Waals surface area contributed by atoms with Gasteiger partial charge in [0.1, 0.15) is 5.58 Å². The molecule has 5 rings (SSSR count). The van der Waals surface area contributed by atoms with E-state index in [-0.39, 0.29) is 6.79 Å². The molecule has 3 aromatic carbocycles. The molecule has 4 aromatic rings. The van der Waals surface area contributed by atoms with Crippen LogP contribution in [0.2, 0.25) is 0 Å². The summed E-state index contributed by atoms with van der Waals surface area (Å²) in [6, 6.07) is 18.4. The lowest BCUT2D eigenvalue weighted by Gasteiger charge is -2.14. The standard InChI is InChI=1S/C26H24N2O6S/c1-16-21-9-7-18(19-8-10-23-25(14-19)33-15-32-23)13-24(21)34-26(29)22(16)12-17-5-4-6-20(11-17)27-35(30,31)28(2)3/h4-11,13-14,27H,12,15H2,1-3H3. The zero-order valence-electron chi connectivity index (χ0n) is 19.5. The highest BCUT2D eigenvalue weighted by Crippen LogP contribution is 2.36. The minimum Gasteiger partial charge on any atom is -0.454 e. The van der Waals surface area contributed by atoms with Crippen LogP contribution >= 0.6 is 0 Å². The summed E-state index contributed by atoms with van der Waals surface area (Å²) in [5.74, 6) is 1.39. The maximum atomic E-state index is 12.9. The molecule has 1 aromatic heterocycles. The van der Waals surface area contributed by atoms with Crippen LogP contribution in [-0.4, -0.2) is 33.6 Å². The van der Waals surface area contributed by atoms with E-state index in [1.807, 2.05) is 49.4 Å². The minimum atomic E-state index is -3.63. The molecule has 0 saturated carbocycles. The lowest BCUT2D eigenvalue weighted by Crippen LogP contribution is -2.28. The number of benzene rings is 3. The van der Waals surface area contributed by atoms with Crippen molar-refractivity contribution in [3.8, 4) is 22.6 Å². The van der Waals surface area contributed by atoms with Gasteiger partial charge in [-0.25, -0.2) is 4.79 Å². The fraction of sp³-hybridized carbons (Fsp3) is 0.192. The van der Waals surface area contributed by atoms with E-state index in [1.165, 1.54) is 14.1 Å². The fourth-order valence-corrected chi connectivity index (χ4v) is 4.65. The van der Waals surface area contributed by atoms with Gasteiger partial charge in [-0.15, -0.1) is 0 Å². The van der Waals surface area contributed by atoms with Crippen molar-refractivity contribution >= 4 is 26.9 Å². The molecule has 0 saturated heterocycles. The van der Waals surface area contributed by atoms with E-state index in [0.717, 1.165) is 31.9 Å². The predicted octanol–water partition coefficient (Wildman–Crippen LogP) is 4.31. The Morgan fingerprint density at radius 3 is 2.49 bits per heavy atom. The first-order valence-corrected chi connectivity index (χ1v) is 12.4. The Labute approximate surface area is 202 Å². The van der Waals surface area contributed by atoms with Gasteiger partial charge in [-0.3, -0.25) is 4.72 Å². The number of nitrogens with zero attached hydrogens (tertiary/aromatic N) is 1. The Morgan fingerprint density at radius 2 is 1.69 bits per heavy atom. The van der Waals surface area contributed by atoms with Crippen LogP contribution in [0.25, 0.3) is 22.1 Å². The third kappa shape index (κ3) is 4.48. The largest absolute Gasteiger partial charge is 0.454 e. The first-order chi connectivity index (χ1) is 16.7. The number of fused-ring (bicyclic) bond motifs is 2. The third-order valence-corrected chi connectivity index (χ3v) is 7.48. The molecule has 180 valence electrons. The van der Waals surface area contributed by atoms with Gasteiger partial charge in [-0.2, -0.15) is 12.7 Å². The van der Waals surface area contributed by atoms with Crippen LogP contribution in [0.3, 0.4) is 0 Å². The third-order valence-electron chi connectivity index (χ3n) is 6.03. The second kappa shape index (κ2) is 8.75. The summed E-state index contributed by atoms with van der Waals surface area (Å²) < 4.78 is 44.5. The maximum Gasteiger partial charge on any atom is 0.340 e. The van der Waals surface area contributed by atoms with Crippen LogP contribution in [0.15, 0.2) is 69.9 Å². The maximum absolute atomic E-state index is 12.9. The molecule has 1 aliphatic heterocycles. The number of rotatable bonds is 6. The monoisotopic (exact) mass is 492 g/mol. The highest BCUT2D eigenvalue weighted by Gasteiger charge is 2.17. The lowest BCUT2D eigenvalue weighted by atomic mass is 9.97. The van der Waals surface area contributed by atoms with Crippen LogP contribution in [0, 0.1) is 6.92 Å². The summed E-state index contributed by atoms with van der Waals surface area (Å²) in [5, 5.41) is 0.841. The molecule has 2 heterocycles. The topological polar surface area (TPSA) is 98.1 Å². The Bertz CT molecular complexity index is 1610. The van der Waals surface area contributed by atoms with Crippen molar-refractivity contribution in [3.05, 3.63) is 87.8 Å². The number of hydrogen-bond acceptors (Lipinski definition) is 6. The molecule has 0 amide bonds. The lowest BCUT2D eigenvalue weighted by molar-refractivity contribution is 0.174. The van der Waals surface area contributed by atoms with Crippen LogP contribution in [0.5, 0.6) is 11.5 Å². The van der Waals surface area contributed by atoms with Gasteiger partial charge in [0.2, 0.25) is 6.79 Å². The van der Waals surface area contributed by atoms with Crippen LogP contribution in [0.4, 0.5) is 5.69 Å².